The maximum Gasteiger partial charge on any atom is 0.282 e. The van der Waals surface area contributed by atoms with Gasteiger partial charge in [-0.3, -0.25) is 9.69 Å². The Morgan fingerprint density at radius 2 is 1.55 bits per heavy atom. The molecule has 0 bridgehead atoms. The molecule has 0 unspecified atom stereocenters. The van der Waals surface area contributed by atoms with Crippen molar-refractivity contribution in [3.05, 3.63) is 89.6 Å². The zero-order chi connectivity index (χ0) is 21.8. The van der Waals surface area contributed by atoms with Crippen LogP contribution in [0.4, 0.5) is 5.69 Å². The standard InChI is InChI=1S/C25H22N2O4/c1-29-20-13-11-19(12-14-20)27-24(18-8-6-9-21(15-18)30-2)26-22(25(27)28)16-17-7-4-5-10-23(17)31-3/h4-16H,1-3H3. The van der Waals surface area contributed by atoms with Gasteiger partial charge in [0.25, 0.3) is 5.91 Å². The number of amidine groups is 1. The van der Waals surface area contributed by atoms with Gasteiger partial charge < -0.3 is 14.2 Å². The van der Waals surface area contributed by atoms with Gasteiger partial charge in [0.15, 0.2) is 0 Å². The first kappa shape index (κ1) is 20.2. The number of carbonyl (C=O) groups is 1. The Labute approximate surface area is 181 Å². The fraction of sp³-hybridized carbons (Fsp3) is 0.120. The molecule has 6 nitrogen and oxygen atoms in total. The number of para-hydroxylation sites is 1. The summed E-state index contributed by atoms with van der Waals surface area (Å²) in [7, 11) is 4.81. The summed E-state index contributed by atoms with van der Waals surface area (Å²) >= 11 is 0. The molecule has 1 heterocycles. The van der Waals surface area contributed by atoms with E-state index in [-0.39, 0.29) is 5.91 Å². The van der Waals surface area contributed by atoms with Crippen molar-refractivity contribution >= 4 is 23.5 Å². The van der Waals surface area contributed by atoms with Crippen molar-refractivity contribution in [3.8, 4) is 17.2 Å². The first-order chi connectivity index (χ1) is 15.1. The summed E-state index contributed by atoms with van der Waals surface area (Å²) in [5.74, 6) is 2.36. The van der Waals surface area contributed by atoms with E-state index in [0.29, 0.717) is 34.5 Å². The van der Waals surface area contributed by atoms with E-state index >= 15 is 0 Å². The van der Waals surface area contributed by atoms with Crippen LogP contribution in [0.5, 0.6) is 17.2 Å². The van der Waals surface area contributed by atoms with Gasteiger partial charge in [-0.25, -0.2) is 4.99 Å². The summed E-state index contributed by atoms with van der Waals surface area (Å²) in [5, 5.41) is 0. The Balaban J connectivity index is 1.83. The topological polar surface area (TPSA) is 60.4 Å². The van der Waals surface area contributed by atoms with Gasteiger partial charge in [0, 0.05) is 11.1 Å². The van der Waals surface area contributed by atoms with Crippen molar-refractivity contribution in [2.45, 2.75) is 0 Å². The number of hydrogen-bond donors (Lipinski definition) is 0. The van der Waals surface area contributed by atoms with E-state index in [0.717, 1.165) is 11.1 Å². The molecule has 6 heteroatoms. The third kappa shape index (κ3) is 4.00. The van der Waals surface area contributed by atoms with Crippen LogP contribution < -0.4 is 19.1 Å². The van der Waals surface area contributed by atoms with Gasteiger partial charge in [-0.05, 0) is 48.5 Å². The minimum atomic E-state index is -0.228. The van der Waals surface area contributed by atoms with Crippen LogP contribution >= 0.6 is 0 Å². The summed E-state index contributed by atoms with van der Waals surface area (Å²) < 4.78 is 16.0. The molecule has 0 spiro atoms. The van der Waals surface area contributed by atoms with E-state index in [1.54, 1.807) is 32.3 Å². The Morgan fingerprint density at radius 1 is 0.806 bits per heavy atom. The molecule has 31 heavy (non-hydrogen) atoms. The molecule has 3 aromatic rings. The van der Waals surface area contributed by atoms with Gasteiger partial charge in [-0.2, -0.15) is 0 Å². The smallest absolute Gasteiger partial charge is 0.282 e. The van der Waals surface area contributed by atoms with E-state index in [9.17, 15) is 4.79 Å². The maximum absolute atomic E-state index is 13.4. The molecule has 0 saturated carbocycles. The van der Waals surface area contributed by atoms with Crippen LogP contribution in [-0.4, -0.2) is 33.1 Å². The molecular weight excluding hydrogens is 392 g/mol. The lowest BCUT2D eigenvalue weighted by molar-refractivity contribution is -0.113. The lowest BCUT2D eigenvalue weighted by Crippen LogP contribution is -2.32. The summed E-state index contributed by atoms with van der Waals surface area (Å²) in [5.41, 5.74) is 2.56. The second kappa shape index (κ2) is 8.75. The Hall–Kier alpha value is -4.06. The predicted molar refractivity (Wildman–Crippen MR) is 121 cm³/mol. The van der Waals surface area contributed by atoms with Gasteiger partial charge >= 0.3 is 0 Å². The summed E-state index contributed by atoms with van der Waals surface area (Å²) in [4.78, 5) is 19.7. The molecule has 1 amide bonds. The van der Waals surface area contributed by atoms with Gasteiger partial charge in [-0.15, -0.1) is 0 Å². The average molecular weight is 414 g/mol. The molecule has 156 valence electrons. The highest BCUT2D eigenvalue weighted by Crippen LogP contribution is 2.31. The first-order valence-corrected chi connectivity index (χ1v) is 9.71. The molecule has 0 atom stereocenters. The largest absolute Gasteiger partial charge is 0.497 e. The summed E-state index contributed by atoms with van der Waals surface area (Å²) in [6.45, 7) is 0. The Kier molecular flexibility index (Phi) is 5.71. The van der Waals surface area contributed by atoms with Crippen LogP contribution in [0, 0.1) is 0 Å². The molecular formula is C25H22N2O4. The van der Waals surface area contributed by atoms with E-state index in [1.807, 2.05) is 72.8 Å². The molecule has 0 fully saturated rings. The van der Waals surface area contributed by atoms with Crippen molar-refractivity contribution in [2.24, 2.45) is 4.99 Å². The second-order valence-electron chi connectivity index (χ2n) is 6.78. The number of methoxy groups -OCH3 is 3. The Morgan fingerprint density at radius 3 is 2.26 bits per heavy atom. The quantitative estimate of drug-likeness (QED) is 0.556. The second-order valence-corrected chi connectivity index (χ2v) is 6.78. The molecule has 4 rings (SSSR count). The van der Waals surface area contributed by atoms with Gasteiger partial charge in [0.1, 0.15) is 28.8 Å². The first-order valence-electron chi connectivity index (χ1n) is 9.71. The molecule has 0 aromatic heterocycles. The monoisotopic (exact) mass is 414 g/mol. The molecule has 3 aromatic carbocycles. The van der Waals surface area contributed by atoms with Crippen molar-refractivity contribution in [2.75, 3.05) is 26.2 Å². The lowest BCUT2D eigenvalue weighted by Gasteiger charge is -2.19. The van der Waals surface area contributed by atoms with E-state index in [2.05, 4.69) is 0 Å². The highest BCUT2D eigenvalue weighted by molar-refractivity contribution is 6.33. The number of nitrogens with zero attached hydrogens (tertiary/aromatic N) is 2. The predicted octanol–water partition coefficient (Wildman–Crippen LogP) is 4.55. The van der Waals surface area contributed by atoms with Crippen LogP contribution in [0.2, 0.25) is 0 Å². The highest BCUT2D eigenvalue weighted by Gasteiger charge is 2.32. The van der Waals surface area contributed by atoms with Crippen LogP contribution in [-0.2, 0) is 4.79 Å². The highest BCUT2D eigenvalue weighted by atomic mass is 16.5. The maximum atomic E-state index is 13.4. The average Bonchev–Trinajstić information content (AvgIpc) is 3.15. The van der Waals surface area contributed by atoms with Crippen molar-refractivity contribution in [1.29, 1.82) is 0 Å². The third-order valence-corrected chi connectivity index (χ3v) is 4.95. The van der Waals surface area contributed by atoms with E-state index < -0.39 is 0 Å². The fourth-order valence-electron chi connectivity index (χ4n) is 3.38. The van der Waals surface area contributed by atoms with Crippen LogP contribution in [0.1, 0.15) is 11.1 Å². The van der Waals surface area contributed by atoms with E-state index in [1.165, 1.54) is 0 Å². The van der Waals surface area contributed by atoms with Gasteiger partial charge in [0.2, 0.25) is 0 Å². The number of ether oxygens (including phenoxy) is 3. The van der Waals surface area contributed by atoms with Gasteiger partial charge in [-0.1, -0.05) is 30.3 Å². The zero-order valence-corrected chi connectivity index (χ0v) is 17.5. The third-order valence-electron chi connectivity index (χ3n) is 4.95. The number of anilines is 1. The molecule has 0 aliphatic carbocycles. The number of benzene rings is 3. The number of hydrogen-bond acceptors (Lipinski definition) is 5. The number of aliphatic imine (C=N–C) groups is 1. The molecule has 0 saturated heterocycles. The number of rotatable bonds is 6. The zero-order valence-electron chi connectivity index (χ0n) is 17.5. The number of amides is 1. The van der Waals surface area contributed by atoms with Crippen molar-refractivity contribution < 1.29 is 19.0 Å². The van der Waals surface area contributed by atoms with E-state index in [4.69, 9.17) is 19.2 Å². The molecule has 0 N–H and O–H groups in total. The van der Waals surface area contributed by atoms with Crippen molar-refractivity contribution in [3.63, 3.8) is 0 Å². The SMILES string of the molecule is COc1ccc(N2C(=O)C(=Cc3ccccc3OC)N=C2c2cccc(OC)c2)cc1. The Bertz CT molecular complexity index is 1170. The summed E-state index contributed by atoms with van der Waals surface area (Å²) in [6.07, 6.45) is 1.74. The number of carbonyl (C=O) groups excluding carboxylic acids is 1. The summed E-state index contributed by atoms with van der Waals surface area (Å²) in [6, 6.07) is 22.3. The normalized spacial score (nSPS) is 14.5. The fourth-order valence-corrected chi connectivity index (χ4v) is 3.38. The minimum absolute atomic E-state index is 0.228. The van der Waals surface area contributed by atoms with Gasteiger partial charge in [0.05, 0.1) is 27.0 Å². The van der Waals surface area contributed by atoms with Crippen LogP contribution in [0.3, 0.4) is 0 Å². The lowest BCUT2D eigenvalue weighted by atomic mass is 10.1. The molecule has 1 aliphatic heterocycles. The van der Waals surface area contributed by atoms with Crippen molar-refractivity contribution in [1.82, 2.24) is 0 Å². The van der Waals surface area contributed by atoms with Crippen LogP contribution in [0.25, 0.3) is 6.08 Å². The minimum Gasteiger partial charge on any atom is -0.497 e. The molecule has 0 radical (unpaired) electrons. The molecule has 1 aliphatic rings. The van der Waals surface area contributed by atoms with Crippen LogP contribution in [0.15, 0.2) is 83.5 Å².